The summed E-state index contributed by atoms with van der Waals surface area (Å²) in [4.78, 5) is 10.8. The molecule has 0 fully saturated rings. The van der Waals surface area contributed by atoms with E-state index in [1.54, 1.807) is 7.11 Å². The van der Waals surface area contributed by atoms with E-state index < -0.39 is 0 Å². The van der Waals surface area contributed by atoms with Gasteiger partial charge in [-0.3, -0.25) is 4.79 Å². The van der Waals surface area contributed by atoms with Crippen LogP contribution in [0.1, 0.15) is 39.0 Å². The van der Waals surface area contributed by atoms with Crippen LogP contribution < -0.4 is 5.32 Å². The fraction of sp³-hybridized carbons (Fsp3) is 0.900. The van der Waals surface area contributed by atoms with Gasteiger partial charge in [-0.1, -0.05) is 19.8 Å². The van der Waals surface area contributed by atoms with E-state index in [9.17, 15) is 4.79 Å². The van der Waals surface area contributed by atoms with Crippen LogP contribution in [0.25, 0.3) is 0 Å². The van der Waals surface area contributed by atoms with Crippen LogP contribution in [0.4, 0.5) is 0 Å². The molecule has 0 heterocycles. The molecule has 0 aromatic rings. The molecule has 0 saturated heterocycles. The van der Waals surface area contributed by atoms with Crippen LogP contribution in [0.2, 0.25) is 0 Å². The van der Waals surface area contributed by atoms with Crippen molar-refractivity contribution < 1.29 is 9.53 Å². The van der Waals surface area contributed by atoms with Crippen LogP contribution in [-0.4, -0.2) is 26.2 Å². The zero-order valence-corrected chi connectivity index (χ0v) is 8.77. The van der Waals surface area contributed by atoms with Gasteiger partial charge >= 0.3 is 0 Å². The Bertz CT molecular complexity index is 126. The van der Waals surface area contributed by atoms with E-state index in [1.807, 2.05) is 6.92 Å². The first kappa shape index (κ1) is 12.4. The van der Waals surface area contributed by atoms with Crippen molar-refractivity contribution in [3.8, 4) is 0 Å². The number of methoxy groups -OCH3 is 1. The Morgan fingerprint density at radius 1 is 1.23 bits per heavy atom. The molecule has 78 valence electrons. The number of ether oxygens (including phenoxy) is 1. The molecule has 0 saturated carbocycles. The zero-order valence-electron chi connectivity index (χ0n) is 8.77. The second kappa shape index (κ2) is 9.52. The molecular formula is C10H21NO2. The third kappa shape index (κ3) is 9.34. The van der Waals surface area contributed by atoms with Crippen molar-refractivity contribution >= 4 is 5.91 Å². The van der Waals surface area contributed by atoms with E-state index >= 15 is 0 Å². The number of hydrogen-bond acceptors (Lipinski definition) is 2. The molecule has 0 aliphatic rings. The van der Waals surface area contributed by atoms with Crippen LogP contribution in [0.5, 0.6) is 0 Å². The standard InChI is InChI=1S/C10H21NO2/c1-3-10(12)11-8-6-4-5-7-9-13-2/h3-9H2,1-2H3,(H,11,12). The first-order chi connectivity index (χ1) is 6.31. The molecule has 13 heavy (non-hydrogen) atoms. The SMILES string of the molecule is CCC(=O)NCCCCCCOC. The van der Waals surface area contributed by atoms with Gasteiger partial charge in [0.2, 0.25) is 5.91 Å². The number of nitrogens with one attached hydrogen (secondary N) is 1. The van der Waals surface area contributed by atoms with Gasteiger partial charge in [0, 0.05) is 26.7 Å². The van der Waals surface area contributed by atoms with Crippen LogP contribution in [-0.2, 0) is 9.53 Å². The Kier molecular flexibility index (Phi) is 9.10. The van der Waals surface area contributed by atoms with Gasteiger partial charge in [-0.2, -0.15) is 0 Å². The van der Waals surface area contributed by atoms with E-state index in [4.69, 9.17) is 4.74 Å². The van der Waals surface area contributed by atoms with Crippen molar-refractivity contribution in [2.75, 3.05) is 20.3 Å². The van der Waals surface area contributed by atoms with E-state index in [1.165, 1.54) is 12.8 Å². The summed E-state index contributed by atoms with van der Waals surface area (Å²) in [5.41, 5.74) is 0. The first-order valence-corrected chi connectivity index (χ1v) is 5.07. The van der Waals surface area contributed by atoms with Crippen LogP contribution in [0.3, 0.4) is 0 Å². The quantitative estimate of drug-likeness (QED) is 0.588. The van der Waals surface area contributed by atoms with Gasteiger partial charge in [0.15, 0.2) is 0 Å². The largest absolute Gasteiger partial charge is 0.385 e. The van der Waals surface area contributed by atoms with Gasteiger partial charge in [0.05, 0.1) is 0 Å². The summed E-state index contributed by atoms with van der Waals surface area (Å²) in [6.07, 6.45) is 5.15. The number of unbranched alkanes of at least 4 members (excludes halogenated alkanes) is 3. The first-order valence-electron chi connectivity index (χ1n) is 5.07. The van der Waals surface area contributed by atoms with Gasteiger partial charge in [-0.25, -0.2) is 0 Å². The maximum atomic E-state index is 10.8. The fourth-order valence-electron chi connectivity index (χ4n) is 1.08. The summed E-state index contributed by atoms with van der Waals surface area (Å²) in [5, 5.41) is 2.85. The highest BCUT2D eigenvalue weighted by Crippen LogP contribution is 1.98. The van der Waals surface area contributed by atoms with Crippen molar-refractivity contribution in [3.63, 3.8) is 0 Å². The van der Waals surface area contributed by atoms with Gasteiger partial charge in [0.1, 0.15) is 0 Å². The zero-order chi connectivity index (χ0) is 9.94. The number of amides is 1. The van der Waals surface area contributed by atoms with Crippen molar-refractivity contribution in [3.05, 3.63) is 0 Å². The Labute approximate surface area is 80.8 Å². The Hall–Kier alpha value is -0.570. The minimum Gasteiger partial charge on any atom is -0.385 e. The maximum absolute atomic E-state index is 10.8. The third-order valence-electron chi connectivity index (χ3n) is 1.92. The van der Waals surface area contributed by atoms with E-state index in [0.29, 0.717) is 6.42 Å². The normalized spacial score (nSPS) is 10.0. The molecule has 0 aromatic carbocycles. The summed E-state index contributed by atoms with van der Waals surface area (Å²) in [5.74, 6) is 0.150. The lowest BCUT2D eigenvalue weighted by Gasteiger charge is -2.02. The van der Waals surface area contributed by atoms with Gasteiger partial charge in [0.25, 0.3) is 0 Å². The molecule has 0 aliphatic carbocycles. The molecule has 3 nitrogen and oxygen atoms in total. The summed E-state index contributed by atoms with van der Waals surface area (Å²) < 4.78 is 4.93. The maximum Gasteiger partial charge on any atom is 0.219 e. The molecular weight excluding hydrogens is 166 g/mol. The van der Waals surface area contributed by atoms with Crippen LogP contribution >= 0.6 is 0 Å². The highest BCUT2D eigenvalue weighted by Gasteiger charge is 1.94. The van der Waals surface area contributed by atoms with Crippen molar-refractivity contribution in [1.29, 1.82) is 0 Å². The lowest BCUT2D eigenvalue weighted by Crippen LogP contribution is -2.23. The predicted octanol–water partition coefficient (Wildman–Crippen LogP) is 1.72. The smallest absolute Gasteiger partial charge is 0.219 e. The molecule has 1 N–H and O–H groups in total. The minimum absolute atomic E-state index is 0.150. The molecule has 0 rings (SSSR count). The van der Waals surface area contributed by atoms with Crippen LogP contribution in [0.15, 0.2) is 0 Å². The van der Waals surface area contributed by atoms with E-state index in [2.05, 4.69) is 5.32 Å². The number of hydrogen-bond donors (Lipinski definition) is 1. The molecule has 0 unspecified atom stereocenters. The minimum atomic E-state index is 0.150. The van der Waals surface area contributed by atoms with Gasteiger partial charge in [-0.05, 0) is 12.8 Å². The monoisotopic (exact) mass is 187 g/mol. The number of rotatable bonds is 8. The van der Waals surface area contributed by atoms with Gasteiger partial charge in [-0.15, -0.1) is 0 Å². The summed E-state index contributed by atoms with van der Waals surface area (Å²) in [6, 6.07) is 0. The average Bonchev–Trinajstić information content (AvgIpc) is 2.16. The highest BCUT2D eigenvalue weighted by molar-refractivity contribution is 5.75. The van der Waals surface area contributed by atoms with Gasteiger partial charge < -0.3 is 10.1 Å². The third-order valence-corrected chi connectivity index (χ3v) is 1.92. The Balaban J connectivity index is 2.95. The summed E-state index contributed by atoms with van der Waals surface area (Å²) >= 11 is 0. The lowest BCUT2D eigenvalue weighted by atomic mass is 10.2. The topological polar surface area (TPSA) is 38.3 Å². The summed E-state index contributed by atoms with van der Waals surface area (Å²) in [7, 11) is 1.72. The summed E-state index contributed by atoms with van der Waals surface area (Å²) in [6.45, 7) is 3.54. The Morgan fingerprint density at radius 2 is 1.92 bits per heavy atom. The molecule has 0 atom stereocenters. The van der Waals surface area contributed by atoms with Crippen molar-refractivity contribution in [1.82, 2.24) is 5.32 Å². The second-order valence-electron chi connectivity index (χ2n) is 3.11. The fourth-order valence-corrected chi connectivity index (χ4v) is 1.08. The lowest BCUT2D eigenvalue weighted by molar-refractivity contribution is -0.120. The molecule has 3 heteroatoms. The molecule has 0 aromatic heterocycles. The van der Waals surface area contributed by atoms with Crippen molar-refractivity contribution in [2.24, 2.45) is 0 Å². The molecule has 0 radical (unpaired) electrons. The molecule has 0 bridgehead atoms. The van der Waals surface area contributed by atoms with E-state index in [0.717, 1.165) is 26.0 Å². The number of carbonyl (C=O) groups excluding carboxylic acids is 1. The second-order valence-corrected chi connectivity index (χ2v) is 3.11. The highest BCUT2D eigenvalue weighted by atomic mass is 16.5. The Morgan fingerprint density at radius 3 is 2.54 bits per heavy atom. The average molecular weight is 187 g/mol. The molecule has 1 amide bonds. The number of carbonyl (C=O) groups is 1. The molecule has 0 spiro atoms. The van der Waals surface area contributed by atoms with E-state index in [-0.39, 0.29) is 5.91 Å². The van der Waals surface area contributed by atoms with Crippen molar-refractivity contribution in [2.45, 2.75) is 39.0 Å². The predicted molar refractivity (Wildman–Crippen MR) is 53.6 cm³/mol. The molecule has 0 aliphatic heterocycles. The van der Waals surface area contributed by atoms with Crippen LogP contribution in [0, 0.1) is 0 Å².